The van der Waals surface area contributed by atoms with Crippen LogP contribution in [0, 0.1) is 5.82 Å². The molecule has 4 N–H and O–H groups in total. The van der Waals surface area contributed by atoms with Crippen LogP contribution in [0.3, 0.4) is 0 Å². The van der Waals surface area contributed by atoms with Gasteiger partial charge in [-0.1, -0.05) is 34.1 Å². The van der Waals surface area contributed by atoms with E-state index >= 15 is 0 Å². The fraction of sp³-hybridized carbons (Fsp3) is 0.364. The van der Waals surface area contributed by atoms with Crippen molar-refractivity contribution in [1.29, 1.82) is 0 Å². The Labute approximate surface area is 182 Å². The number of aliphatic hydroxyl groups excluding tert-OH is 1. The van der Waals surface area contributed by atoms with Gasteiger partial charge in [-0.2, -0.15) is 0 Å². The molecule has 0 spiro atoms. The summed E-state index contributed by atoms with van der Waals surface area (Å²) in [5.74, 6) is 0.238. The zero-order valence-electron chi connectivity index (χ0n) is 16.4. The normalized spacial score (nSPS) is 20.1. The van der Waals surface area contributed by atoms with E-state index in [-0.39, 0.29) is 30.4 Å². The molecule has 8 heteroatoms. The molecule has 0 bridgehead atoms. The van der Waals surface area contributed by atoms with E-state index in [4.69, 9.17) is 0 Å². The number of para-hydroxylation sites is 2. The summed E-state index contributed by atoms with van der Waals surface area (Å²) in [6, 6.07) is 11.7. The molecule has 1 aliphatic carbocycles. The largest absolute Gasteiger partial charge is 0.393 e. The van der Waals surface area contributed by atoms with Crippen LogP contribution in [0.4, 0.5) is 9.18 Å². The van der Waals surface area contributed by atoms with E-state index in [0.717, 1.165) is 23.9 Å². The van der Waals surface area contributed by atoms with Crippen molar-refractivity contribution in [2.45, 2.75) is 50.3 Å². The van der Waals surface area contributed by atoms with Crippen molar-refractivity contribution in [2.24, 2.45) is 0 Å². The summed E-state index contributed by atoms with van der Waals surface area (Å²) < 4.78 is 15.1. The first-order valence-electron chi connectivity index (χ1n) is 10.1. The molecule has 3 aromatic rings. The minimum atomic E-state index is -0.526. The Kier molecular flexibility index (Phi) is 6.34. The van der Waals surface area contributed by atoms with Crippen molar-refractivity contribution in [2.75, 3.05) is 0 Å². The molecule has 30 heavy (non-hydrogen) atoms. The number of halogens is 2. The molecule has 0 radical (unpaired) electrons. The van der Waals surface area contributed by atoms with Crippen molar-refractivity contribution in [3.8, 4) is 0 Å². The zero-order valence-corrected chi connectivity index (χ0v) is 18.0. The molecule has 0 aliphatic heterocycles. The summed E-state index contributed by atoms with van der Waals surface area (Å²) in [6.45, 7) is 0. The van der Waals surface area contributed by atoms with Crippen LogP contribution in [0.1, 0.15) is 43.1 Å². The molecule has 1 fully saturated rings. The molecule has 1 unspecified atom stereocenters. The van der Waals surface area contributed by atoms with Gasteiger partial charge in [-0.25, -0.2) is 14.2 Å². The molecule has 4 rings (SSSR count). The van der Waals surface area contributed by atoms with Crippen molar-refractivity contribution in [1.82, 2.24) is 20.6 Å². The number of benzene rings is 2. The minimum absolute atomic E-state index is 0.0224. The van der Waals surface area contributed by atoms with E-state index in [0.29, 0.717) is 28.7 Å². The maximum Gasteiger partial charge on any atom is 0.315 e. The van der Waals surface area contributed by atoms with Crippen LogP contribution in [0.25, 0.3) is 11.0 Å². The van der Waals surface area contributed by atoms with Crippen molar-refractivity contribution >= 4 is 33.0 Å². The third-order valence-electron chi connectivity index (χ3n) is 5.51. The Morgan fingerprint density at radius 2 is 2.00 bits per heavy atom. The molecule has 1 saturated carbocycles. The first-order valence-corrected chi connectivity index (χ1v) is 10.9. The highest BCUT2D eigenvalue weighted by molar-refractivity contribution is 9.10. The third kappa shape index (κ3) is 4.99. The van der Waals surface area contributed by atoms with Crippen LogP contribution >= 0.6 is 15.9 Å². The summed E-state index contributed by atoms with van der Waals surface area (Å²) in [7, 11) is 0. The number of aromatic nitrogens is 2. The number of amides is 2. The fourth-order valence-electron chi connectivity index (χ4n) is 3.87. The van der Waals surface area contributed by atoms with Gasteiger partial charge in [0, 0.05) is 16.9 Å². The molecule has 1 heterocycles. The summed E-state index contributed by atoms with van der Waals surface area (Å²) >= 11 is 3.27. The lowest BCUT2D eigenvalue weighted by molar-refractivity contribution is 0.117. The van der Waals surface area contributed by atoms with E-state index in [1.807, 2.05) is 24.3 Å². The number of urea groups is 1. The average molecular weight is 475 g/mol. The fourth-order valence-corrected chi connectivity index (χ4v) is 4.20. The highest BCUT2D eigenvalue weighted by atomic mass is 79.9. The predicted octanol–water partition coefficient (Wildman–Crippen LogP) is 4.35. The number of fused-ring (bicyclic) bond motifs is 1. The number of hydrogen-bond donors (Lipinski definition) is 4. The molecule has 1 aromatic heterocycles. The smallest absolute Gasteiger partial charge is 0.315 e. The summed E-state index contributed by atoms with van der Waals surface area (Å²) in [5, 5.41) is 15.6. The molecule has 158 valence electrons. The first kappa shape index (κ1) is 20.8. The summed E-state index contributed by atoms with van der Waals surface area (Å²) in [4.78, 5) is 20.5. The van der Waals surface area contributed by atoms with Gasteiger partial charge in [-0.05, 0) is 55.5 Å². The molecule has 6 nitrogen and oxygen atoms in total. The number of aromatic amines is 1. The second-order valence-electron chi connectivity index (χ2n) is 7.75. The summed E-state index contributed by atoms with van der Waals surface area (Å²) in [6.07, 6.45) is 2.82. The molecule has 1 atom stereocenters. The lowest BCUT2D eigenvalue weighted by atomic mass is 9.93. The number of hydrogen-bond acceptors (Lipinski definition) is 3. The Hall–Kier alpha value is -2.45. The SMILES string of the molecule is O=C(NC(Cc1ccc(Br)cc1F)c1nc2ccccc2[nH]1)N[C@H]1CC[C@H](O)CC1. The molecule has 0 saturated heterocycles. The summed E-state index contributed by atoms with van der Waals surface area (Å²) in [5.41, 5.74) is 2.14. The van der Waals surface area contributed by atoms with E-state index in [1.54, 1.807) is 12.1 Å². The minimum Gasteiger partial charge on any atom is -0.393 e. The lowest BCUT2D eigenvalue weighted by Gasteiger charge is -2.27. The van der Waals surface area contributed by atoms with Crippen LogP contribution in [0.2, 0.25) is 0 Å². The maximum absolute atomic E-state index is 14.5. The highest BCUT2D eigenvalue weighted by Gasteiger charge is 2.24. The predicted molar refractivity (Wildman–Crippen MR) is 117 cm³/mol. The number of imidazole rings is 1. The lowest BCUT2D eigenvalue weighted by Crippen LogP contribution is -2.45. The van der Waals surface area contributed by atoms with Gasteiger partial charge in [0.15, 0.2) is 0 Å². The Morgan fingerprint density at radius 3 is 2.73 bits per heavy atom. The van der Waals surface area contributed by atoms with E-state index < -0.39 is 6.04 Å². The standard InChI is InChI=1S/C22H24BrFN4O2/c23-14-6-5-13(17(24)12-14)11-20(21-26-18-3-1-2-4-19(18)27-21)28-22(30)25-15-7-9-16(29)10-8-15/h1-6,12,15-16,20,29H,7-11H2,(H,26,27)(H2,25,28,30)/t15-,16-,20?. The number of H-pyrrole nitrogens is 1. The van der Waals surface area contributed by atoms with Gasteiger partial charge < -0.3 is 20.7 Å². The zero-order chi connectivity index (χ0) is 21.1. The Bertz CT molecular complexity index is 1000. The van der Waals surface area contributed by atoms with Crippen molar-refractivity contribution < 1.29 is 14.3 Å². The average Bonchev–Trinajstić information content (AvgIpc) is 3.15. The number of carbonyl (C=O) groups is 1. The van der Waals surface area contributed by atoms with Crippen molar-refractivity contribution in [3.63, 3.8) is 0 Å². The number of rotatable bonds is 5. The number of aliphatic hydroxyl groups is 1. The number of nitrogens with one attached hydrogen (secondary N) is 3. The van der Waals surface area contributed by atoms with Crippen LogP contribution in [0.5, 0.6) is 0 Å². The van der Waals surface area contributed by atoms with E-state index in [1.165, 1.54) is 6.07 Å². The molecule has 1 aliphatic rings. The van der Waals surface area contributed by atoms with Gasteiger partial charge in [0.05, 0.1) is 23.2 Å². The molecule has 2 amide bonds. The second kappa shape index (κ2) is 9.14. The van der Waals surface area contributed by atoms with Crippen LogP contribution in [-0.2, 0) is 6.42 Å². The number of nitrogens with zero attached hydrogens (tertiary/aromatic N) is 1. The topological polar surface area (TPSA) is 90.0 Å². The van der Waals surface area contributed by atoms with E-state index in [2.05, 4.69) is 36.5 Å². The van der Waals surface area contributed by atoms with Crippen LogP contribution in [-0.4, -0.2) is 33.3 Å². The van der Waals surface area contributed by atoms with Gasteiger partial charge in [0.1, 0.15) is 11.6 Å². The first-order chi connectivity index (χ1) is 14.5. The van der Waals surface area contributed by atoms with Gasteiger partial charge in [-0.15, -0.1) is 0 Å². The van der Waals surface area contributed by atoms with Gasteiger partial charge in [-0.3, -0.25) is 0 Å². The Morgan fingerprint density at radius 1 is 1.23 bits per heavy atom. The highest BCUT2D eigenvalue weighted by Crippen LogP contribution is 2.24. The van der Waals surface area contributed by atoms with E-state index in [9.17, 15) is 14.3 Å². The monoisotopic (exact) mass is 474 g/mol. The van der Waals surface area contributed by atoms with Crippen molar-refractivity contribution in [3.05, 3.63) is 64.1 Å². The van der Waals surface area contributed by atoms with Crippen LogP contribution in [0.15, 0.2) is 46.9 Å². The maximum atomic E-state index is 14.5. The van der Waals surface area contributed by atoms with Gasteiger partial charge >= 0.3 is 6.03 Å². The molecule has 2 aromatic carbocycles. The molecular formula is C22H24BrFN4O2. The second-order valence-corrected chi connectivity index (χ2v) is 8.67. The third-order valence-corrected chi connectivity index (χ3v) is 6.01. The molecular weight excluding hydrogens is 451 g/mol. The Balaban J connectivity index is 1.54. The van der Waals surface area contributed by atoms with Gasteiger partial charge in [0.25, 0.3) is 0 Å². The number of carbonyl (C=O) groups excluding carboxylic acids is 1. The van der Waals surface area contributed by atoms with Gasteiger partial charge in [0.2, 0.25) is 0 Å². The van der Waals surface area contributed by atoms with Crippen LogP contribution < -0.4 is 10.6 Å². The quantitative estimate of drug-likeness (QED) is 0.442.